The minimum atomic E-state index is -0.413. The molecule has 0 N–H and O–H groups in total. The van der Waals surface area contributed by atoms with E-state index in [4.69, 9.17) is 11.6 Å². The van der Waals surface area contributed by atoms with Gasteiger partial charge in [-0.3, -0.25) is 10.1 Å². The van der Waals surface area contributed by atoms with Crippen LogP contribution in [0.3, 0.4) is 0 Å². The number of rotatable bonds is 4. The van der Waals surface area contributed by atoms with Crippen LogP contribution in [0.1, 0.15) is 11.1 Å². The maximum Gasteiger partial charge on any atom is 0.270 e. The van der Waals surface area contributed by atoms with Crippen LogP contribution in [0, 0.1) is 10.1 Å². The topological polar surface area (TPSA) is 43.1 Å². The normalized spacial score (nSPS) is 10.5. The molecule has 114 valence electrons. The zero-order valence-corrected chi connectivity index (χ0v) is 13.0. The van der Waals surface area contributed by atoms with E-state index in [0.717, 1.165) is 12.0 Å². The summed E-state index contributed by atoms with van der Waals surface area (Å²) in [5, 5.41) is 11.4. The summed E-state index contributed by atoms with van der Waals surface area (Å²) in [5.74, 6) is 0. The molecule has 3 rings (SSSR count). The molecule has 0 amide bonds. The third-order valence-corrected chi connectivity index (χ3v) is 4.01. The number of non-ortho nitro benzene ring substituents is 1. The molecule has 0 aromatic heterocycles. The van der Waals surface area contributed by atoms with E-state index in [0.29, 0.717) is 10.6 Å². The highest BCUT2D eigenvalue weighted by Gasteiger charge is 2.11. The highest BCUT2D eigenvalue weighted by Crippen LogP contribution is 2.31. The Labute approximate surface area is 139 Å². The fourth-order valence-electron chi connectivity index (χ4n) is 2.48. The van der Waals surface area contributed by atoms with Crippen LogP contribution in [-0.2, 0) is 6.42 Å². The summed E-state index contributed by atoms with van der Waals surface area (Å²) in [6.07, 6.45) is 0.851. The molecular weight excluding hydrogens is 310 g/mol. The van der Waals surface area contributed by atoms with Crippen molar-refractivity contribution in [1.82, 2.24) is 0 Å². The number of benzene rings is 3. The maximum atomic E-state index is 10.9. The number of hydrogen-bond acceptors (Lipinski definition) is 2. The van der Waals surface area contributed by atoms with E-state index < -0.39 is 4.92 Å². The molecule has 0 heterocycles. The Hall–Kier alpha value is -2.65. The van der Waals surface area contributed by atoms with E-state index >= 15 is 0 Å². The zero-order valence-electron chi connectivity index (χ0n) is 12.3. The fourth-order valence-corrected chi connectivity index (χ4v) is 2.71. The lowest BCUT2D eigenvalue weighted by Crippen LogP contribution is -1.90. The fraction of sp³-hybridized carbons (Fsp3) is 0.0526. The summed E-state index contributed by atoms with van der Waals surface area (Å²) in [6, 6.07) is 22.6. The maximum absolute atomic E-state index is 10.9. The quantitative estimate of drug-likeness (QED) is 0.469. The first kappa shape index (κ1) is 15.3. The molecule has 0 fully saturated rings. The third-order valence-electron chi connectivity index (χ3n) is 3.68. The molecule has 23 heavy (non-hydrogen) atoms. The van der Waals surface area contributed by atoms with Gasteiger partial charge in [0.1, 0.15) is 0 Å². The smallest absolute Gasteiger partial charge is 0.258 e. The van der Waals surface area contributed by atoms with E-state index in [1.54, 1.807) is 6.07 Å². The average molecular weight is 324 g/mol. The summed E-state index contributed by atoms with van der Waals surface area (Å²) in [7, 11) is 0. The van der Waals surface area contributed by atoms with Crippen LogP contribution < -0.4 is 0 Å². The average Bonchev–Trinajstić information content (AvgIpc) is 2.57. The molecule has 0 saturated heterocycles. The van der Waals surface area contributed by atoms with Crippen molar-refractivity contribution in [3.8, 4) is 11.1 Å². The van der Waals surface area contributed by atoms with Gasteiger partial charge in [-0.1, -0.05) is 66.2 Å². The van der Waals surface area contributed by atoms with Crippen LogP contribution in [0.5, 0.6) is 0 Å². The monoisotopic (exact) mass is 323 g/mol. The number of hydrogen-bond donors (Lipinski definition) is 0. The number of halogens is 1. The SMILES string of the molecule is O=[N+]([O-])c1ccc(Cl)c(-c2ccc(Cc3ccccc3)cc2)c1. The molecule has 0 radical (unpaired) electrons. The van der Waals surface area contributed by atoms with Crippen LogP contribution in [0.2, 0.25) is 5.02 Å². The van der Waals surface area contributed by atoms with Gasteiger partial charge in [-0.15, -0.1) is 0 Å². The minimum absolute atomic E-state index is 0.0396. The molecule has 0 aliphatic heterocycles. The second-order valence-corrected chi connectivity index (χ2v) is 5.69. The van der Waals surface area contributed by atoms with Gasteiger partial charge in [0.05, 0.1) is 4.92 Å². The molecule has 0 atom stereocenters. The van der Waals surface area contributed by atoms with Crippen molar-refractivity contribution in [2.75, 3.05) is 0 Å². The first-order valence-corrected chi connectivity index (χ1v) is 7.58. The molecule has 0 spiro atoms. The molecule has 0 saturated carbocycles. The van der Waals surface area contributed by atoms with Crippen molar-refractivity contribution < 1.29 is 4.92 Å². The zero-order chi connectivity index (χ0) is 16.2. The van der Waals surface area contributed by atoms with Crippen molar-refractivity contribution in [3.05, 3.63) is 99.1 Å². The second-order valence-electron chi connectivity index (χ2n) is 5.28. The number of nitro groups is 1. The molecular formula is C19H14ClNO2. The summed E-state index contributed by atoms with van der Waals surface area (Å²) in [6.45, 7) is 0. The van der Waals surface area contributed by atoms with Gasteiger partial charge < -0.3 is 0 Å². The highest BCUT2D eigenvalue weighted by atomic mass is 35.5. The van der Waals surface area contributed by atoms with Crippen LogP contribution in [0.4, 0.5) is 5.69 Å². The Balaban J connectivity index is 1.88. The van der Waals surface area contributed by atoms with Crippen LogP contribution in [0.25, 0.3) is 11.1 Å². The summed E-state index contributed by atoms with van der Waals surface area (Å²) >= 11 is 6.18. The summed E-state index contributed by atoms with van der Waals surface area (Å²) in [4.78, 5) is 10.5. The van der Waals surface area contributed by atoms with E-state index in [9.17, 15) is 10.1 Å². The highest BCUT2D eigenvalue weighted by molar-refractivity contribution is 6.33. The Kier molecular flexibility index (Phi) is 4.40. The summed E-state index contributed by atoms with van der Waals surface area (Å²) in [5.41, 5.74) is 4.01. The van der Waals surface area contributed by atoms with Crippen molar-refractivity contribution in [3.63, 3.8) is 0 Å². The Morgan fingerprint density at radius 3 is 2.17 bits per heavy atom. The number of nitrogens with zero attached hydrogens (tertiary/aromatic N) is 1. The summed E-state index contributed by atoms with van der Waals surface area (Å²) < 4.78 is 0. The van der Waals surface area contributed by atoms with Crippen LogP contribution in [0.15, 0.2) is 72.8 Å². The van der Waals surface area contributed by atoms with Gasteiger partial charge >= 0.3 is 0 Å². The van der Waals surface area contributed by atoms with Gasteiger partial charge in [0, 0.05) is 22.7 Å². The van der Waals surface area contributed by atoms with Gasteiger partial charge in [-0.2, -0.15) is 0 Å². The van der Waals surface area contributed by atoms with Crippen molar-refractivity contribution >= 4 is 17.3 Å². The van der Waals surface area contributed by atoms with Gasteiger partial charge in [0.2, 0.25) is 0 Å². The lowest BCUT2D eigenvalue weighted by molar-refractivity contribution is -0.384. The van der Waals surface area contributed by atoms with Gasteiger partial charge in [0.15, 0.2) is 0 Å². The first-order chi connectivity index (χ1) is 11.1. The van der Waals surface area contributed by atoms with Gasteiger partial charge in [-0.25, -0.2) is 0 Å². The Morgan fingerprint density at radius 1 is 0.870 bits per heavy atom. The molecule has 0 unspecified atom stereocenters. The molecule has 3 nitrogen and oxygen atoms in total. The predicted molar refractivity (Wildman–Crippen MR) is 92.8 cm³/mol. The second kappa shape index (κ2) is 6.63. The third kappa shape index (κ3) is 3.58. The molecule has 0 aliphatic carbocycles. The standard InChI is InChI=1S/C19H14ClNO2/c20-19-11-10-17(21(22)23)13-18(19)16-8-6-15(7-9-16)12-14-4-2-1-3-5-14/h1-11,13H,12H2. The number of nitro benzene ring substituents is 1. The van der Waals surface area contributed by atoms with Gasteiger partial charge in [0.25, 0.3) is 5.69 Å². The van der Waals surface area contributed by atoms with E-state index in [1.165, 1.54) is 23.3 Å². The minimum Gasteiger partial charge on any atom is -0.258 e. The van der Waals surface area contributed by atoms with Crippen LogP contribution >= 0.6 is 11.6 Å². The van der Waals surface area contributed by atoms with E-state index in [2.05, 4.69) is 12.1 Å². The molecule has 0 aliphatic rings. The van der Waals surface area contributed by atoms with E-state index in [1.807, 2.05) is 42.5 Å². The van der Waals surface area contributed by atoms with Crippen LogP contribution in [-0.4, -0.2) is 4.92 Å². The molecule has 0 bridgehead atoms. The van der Waals surface area contributed by atoms with E-state index in [-0.39, 0.29) is 5.69 Å². The molecule has 3 aromatic carbocycles. The largest absolute Gasteiger partial charge is 0.270 e. The van der Waals surface area contributed by atoms with Gasteiger partial charge in [-0.05, 0) is 29.2 Å². The predicted octanol–water partition coefficient (Wildman–Crippen LogP) is 5.51. The molecule has 3 aromatic rings. The molecule has 4 heteroatoms. The first-order valence-electron chi connectivity index (χ1n) is 7.20. The Morgan fingerprint density at radius 2 is 1.52 bits per heavy atom. The van der Waals surface area contributed by atoms with Crippen molar-refractivity contribution in [2.24, 2.45) is 0 Å². The lowest BCUT2D eigenvalue weighted by Gasteiger charge is -2.07. The van der Waals surface area contributed by atoms with Crippen molar-refractivity contribution in [2.45, 2.75) is 6.42 Å². The lowest BCUT2D eigenvalue weighted by atomic mass is 10.00. The Bertz CT molecular complexity index is 830. The van der Waals surface area contributed by atoms with Crippen molar-refractivity contribution in [1.29, 1.82) is 0 Å².